The number of hydrogen-bond acceptors (Lipinski definition) is 5. The van der Waals surface area contributed by atoms with E-state index in [0.29, 0.717) is 42.7 Å². The fourth-order valence-corrected chi connectivity index (χ4v) is 3.14. The summed E-state index contributed by atoms with van der Waals surface area (Å²) < 4.78 is 6.43. The van der Waals surface area contributed by atoms with Gasteiger partial charge >= 0.3 is 0 Å². The Morgan fingerprint density at radius 3 is 2.67 bits per heavy atom. The molecular weight excluding hydrogens is 391 g/mol. The molecule has 1 fully saturated rings. The number of carbonyl (C=O) groups excluding carboxylic acids is 1. The van der Waals surface area contributed by atoms with Crippen molar-refractivity contribution in [1.29, 1.82) is 0 Å². The Morgan fingerprint density at radius 2 is 2.00 bits per heavy atom. The Balaban J connectivity index is 1.81. The summed E-state index contributed by atoms with van der Waals surface area (Å²) in [5.74, 6) is -0.0798. The van der Waals surface area contributed by atoms with Gasteiger partial charge in [-0.05, 0) is 31.5 Å². The van der Waals surface area contributed by atoms with Gasteiger partial charge in [-0.2, -0.15) is 9.78 Å². The number of ether oxygens (including phenoxy) is 1. The number of nitrogens with zero attached hydrogens (tertiary/aromatic N) is 3. The quantitative estimate of drug-likeness (QED) is 0.837. The van der Waals surface area contributed by atoms with Crippen LogP contribution in [-0.2, 0) is 9.53 Å². The van der Waals surface area contributed by atoms with E-state index in [0.717, 1.165) is 5.56 Å². The first kappa shape index (κ1) is 19.7. The lowest BCUT2D eigenvalue weighted by Gasteiger charge is -2.29. The molecule has 1 unspecified atom stereocenters. The van der Waals surface area contributed by atoms with Gasteiger partial charge in [0.2, 0.25) is 5.91 Å². The molecule has 2 heterocycles. The Bertz CT molecular complexity index is 910. The molecule has 1 N–H and O–H groups in total. The van der Waals surface area contributed by atoms with Crippen LogP contribution >= 0.6 is 23.2 Å². The Hall–Kier alpha value is -2.09. The fourth-order valence-electron chi connectivity index (χ4n) is 2.78. The minimum absolute atomic E-state index is 0.0386. The van der Waals surface area contributed by atoms with Crippen LogP contribution in [0.4, 0.5) is 5.69 Å². The predicted octanol–water partition coefficient (Wildman–Crippen LogP) is 2.51. The highest BCUT2D eigenvalue weighted by Gasteiger charge is 2.23. The number of aryl methyl sites for hydroxylation is 1. The average Bonchev–Trinajstić information content (AvgIpc) is 2.68. The smallest absolute Gasteiger partial charge is 0.292 e. The van der Waals surface area contributed by atoms with Crippen LogP contribution in [0.25, 0.3) is 5.69 Å². The van der Waals surface area contributed by atoms with Crippen LogP contribution in [0.1, 0.15) is 12.5 Å². The van der Waals surface area contributed by atoms with Crippen molar-refractivity contribution < 1.29 is 9.53 Å². The molecule has 144 valence electrons. The first-order valence-electron chi connectivity index (χ1n) is 8.56. The molecule has 1 saturated heterocycles. The standard InChI is InChI=1S/C18H20Cl2N4O3/c1-11-3-4-13(9-14(11)19)24-18(26)16(20)15(10-21-24)22-12(2)17(25)23-5-7-27-8-6-23/h3-4,9-10,12,22H,5-8H2,1-2H3. The summed E-state index contributed by atoms with van der Waals surface area (Å²) >= 11 is 12.4. The van der Waals surface area contributed by atoms with E-state index in [1.54, 1.807) is 30.0 Å². The number of carbonyl (C=O) groups is 1. The third-order valence-corrected chi connectivity index (χ3v) is 5.16. The van der Waals surface area contributed by atoms with E-state index < -0.39 is 11.6 Å². The van der Waals surface area contributed by atoms with Gasteiger partial charge in [0.25, 0.3) is 5.56 Å². The Kier molecular flexibility index (Phi) is 6.04. The van der Waals surface area contributed by atoms with Gasteiger partial charge in [-0.15, -0.1) is 0 Å². The third-order valence-electron chi connectivity index (χ3n) is 4.38. The summed E-state index contributed by atoms with van der Waals surface area (Å²) in [5.41, 5.74) is 1.23. The molecule has 0 saturated carbocycles. The lowest BCUT2D eigenvalue weighted by Crippen LogP contribution is -2.47. The van der Waals surface area contributed by atoms with E-state index in [1.807, 2.05) is 6.92 Å². The van der Waals surface area contributed by atoms with Gasteiger partial charge in [-0.25, -0.2) is 0 Å². The number of anilines is 1. The van der Waals surface area contributed by atoms with Gasteiger partial charge < -0.3 is 15.0 Å². The van der Waals surface area contributed by atoms with Crippen LogP contribution in [0.2, 0.25) is 10.0 Å². The highest BCUT2D eigenvalue weighted by Crippen LogP contribution is 2.21. The van der Waals surface area contributed by atoms with Crippen LogP contribution in [-0.4, -0.2) is 52.9 Å². The van der Waals surface area contributed by atoms with Gasteiger partial charge in [0.1, 0.15) is 11.1 Å². The van der Waals surface area contributed by atoms with E-state index in [-0.39, 0.29) is 10.9 Å². The maximum atomic E-state index is 12.6. The molecule has 1 aromatic heterocycles. The van der Waals surface area contributed by atoms with Crippen LogP contribution in [0.15, 0.2) is 29.2 Å². The van der Waals surface area contributed by atoms with Gasteiger partial charge in [-0.3, -0.25) is 9.59 Å². The molecule has 3 rings (SSSR count). The lowest BCUT2D eigenvalue weighted by molar-refractivity contribution is -0.135. The second kappa shape index (κ2) is 8.29. The predicted molar refractivity (Wildman–Crippen MR) is 105 cm³/mol. The molecule has 27 heavy (non-hydrogen) atoms. The number of amides is 1. The van der Waals surface area contributed by atoms with Crippen molar-refractivity contribution in [3.05, 3.63) is 50.4 Å². The van der Waals surface area contributed by atoms with Crippen LogP contribution in [0, 0.1) is 6.92 Å². The fraction of sp³-hybridized carbons (Fsp3) is 0.389. The molecule has 9 heteroatoms. The minimum atomic E-state index is -0.550. The highest BCUT2D eigenvalue weighted by atomic mass is 35.5. The van der Waals surface area contributed by atoms with Crippen molar-refractivity contribution in [2.45, 2.75) is 19.9 Å². The topological polar surface area (TPSA) is 76.5 Å². The Labute approximate surface area is 166 Å². The minimum Gasteiger partial charge on any atom is -0.378 e. The number of hydrogen-bond donors (Lipinski definition) is 1. The molecule has 0 aliphatic carbocycles. The third kappa shape index (κ3) is 4.26. The Morgan fingerprint density at radius 1 is 1.30 bits per heavy atom. The SMILES string of the molecule is Cc1ccc(-n2ncc(NC(C)C(=O)N3CCOCC3)c(Cl)c2=O)cc1Cl. The maximum absolute atomic E-state index is 12.6. The van der Waals surface area contributed by atoms with Crippen LogP contribution in [0.3, 0.4) is 0 Å². The van der Waals surface area contributed by atoms with E-state index in [4.69, 9.17) is 27.9 Å². The molecule has 7 nitrogen and oxygen atoms in total. The number of halogens is 2. The summed E-state index contributed by atoms with van der Waals surface area (Å²) in [7, 11) is 0. The van der Waals surface area contributed by atoms with E-state index in [2.05, 4.69) is 10.4 Å². The second-order valence-corrected chi connectivity index (χ2v) is 7.11. The van der Waals surface area contributed by atoms with E-state index >= 15 is 0 Å². The van der Waals surface area contributed by atoms with Gasteiger partial charge in [0.15, 0.2) is 0 Å². The average molecular weight is 411 g/mol. The maximum Gasteiger partial charge on any atom is 0.292 e. The molecule has 1 aromatic carbocycles. The summed E-state index contributed by atoms with van der Waals surface area (Å²) in [6, 6.07) is 4.64. The lowest BCUT2D eigenvalue weighted by atomic mass is 10.2. The number of morpholine rings is 1. The molecule has 0 radical (unpaired) electrons. The van der Waals surface area contributed by atoms with Crippen molar-refractivity contribution >= 4 is 34.8 Å². The molecule has 0 bridgehead atoms. The first-order valence-corrected chi connectivity index (χ1v) is 9.31. The highest BCUT2D eigenvalue weighted by molar-refractivity contribution is 6.33. The number of benzene rings is 1. The zero-order valence-electron chi connectivity index (χ0n) is 15.0. The first-order chi connectivity index (χ1) is 12.9. The van der Waals surface area contributed by atoms with Crippen LogP contribution < -0.4 is 10.9 Å². The van der Waals surface area contributed by atoms with Crippen molar-refractivity contribution in [3.63, 3.8) is 0 Å². The molecular formula is C18H20Cl2N4O3. The summed E-state index contributed by atoms with van der Waals surface area (Å²) in [6.45, 7) is 5.74. The second-order valence-electron chi connectivity index (χ2n) is 6.33. The number of aromatic nitrogens is 2. The van der Waals surface area contributed by atoms with E-state index in [1.165, 1.54) is 10.9 Å². The summed E-state index contributed by atoms with van der Waals surface area (Å²) in [5, 5.41) is 7.63. The molecule has 1 aliphatic heterocycles. The van der Waals surface area contributed by atoms with Crippen molar-refractivity contribution in [1.82, 2.24) is 14.7 Å². The van der Waals surface area contributed by atoms with Crippen molar-refractivity contribution in [2.24, 2.45) is 0 Å². The number of nitrogens with one attached hydrogen (secondary N) is 1. The monoisotopic (exact) mass is 410 g/mol. The molecule has 0 spiro atoms. The molecule has 1 aliphatic rings. The normalized spacial score (nSPS) is 15.5. The van der Waals surface area contributed by atoms with Gasteiger partial charge in [-0.1, -0.05) is 29.3 Å². The van der Waals surface area contributed by atoms with Gasteiger partial charge in [0, 0.05) is 18.1 Å². The summed E-state index contributed by atoms with van der Waals surface area (Å²) in [4.78, 5) is 26.8. The molecule has 2 aromatic rings. The summed E-state index contributed by atoms with van der Waals surface area (Å²) in [6.07, 6.45) is 1.43. The van der Waals surface area contributed by atoms with Crippen molar-refractivity contribution in [3.8, 4) is 5.69 Å². The number of rotatable bonds is 4. The van der Waals surface area contributed by atoms with Crippen LogP contribution in [0.5, 0.6) is 0 Å². The molecule has 1 atom stereocenters. The van der Waals surface area contributed by atoms with E-state index in [9.17, 15) is 9.59 Å². The largest absolute Gasteiger partial charge is 0.378 e. The zero-order chi connectivity index (χ0) is 19.6. The van der Waals surface area contributed by atoms with Gasteiger partial charge in [0.05, 0.1) is 30.8 Å². The zero-order valence-corrected chi connectivity index (χ0v) is 16.5. The molecule has 1 amide bonds. The van der Waals surface area contributed by atoms with Crippen molar-refractivity contribution in [2.75, 3.05) is 31.6 Å².